The summed E-state index contributed by atoms with van der Waals surface area (Å²) in [5.74, 6) is 5.63. The van der Waals surface area contributed by atoms with Crippen molar-refractivity contribution in [2.45, 2.75) is 6.92 Å². The van der Waals surface area contributed by atoms with Gasteiger partial charge >= 0.3 is 0 Å². The fourth-order valence-electron chi connectivity index (χ4n) is 1.26. The first-order valence-electron chi connectivity index (χ1n) is 4.74. The van der Waals surface area contributed by atoms with Gasteiger partial charge in [-0.05, 0) is 25.6 Å². The lowest BCUT2D eigenvalue weighted by molar-refractivity contribution is -0.383. The van der Waals surface area contributed by atoms with E-state index in [1.807, 2.05) is 0 Å². The van der Waals surface area contributed by atoms with Crippen LogP contribution in [0.5, 0.6) is 0 Å². The molecule has 0 aromatic heterocycles. The van der Waals surface area contributed by atoms with Gasteiger partial charge in [-0.2, -0.15) is 0 Å². The summed E-state index contributed by atoms with van der Waals surface area (Å²) in [6.45, 7) is 2.29. The van der Waals surface area contributed by atoms with Crippen LogP contribution in [0.25, 0.3) is 0 Å². The molecule has 0 amide bonds. The first-order chi connectivity index (χ1) is 7.56. The summed E-state index contributed by atoms with van der Waals surface area (Å²) in [7, 11) is 1.77. The smallest absolute Gasteiger partial charge is 0.293 e. The molecular formula is C11H13N3O2. The summed E-state index contributed by atoms with van der Waals surface area (Å²) in [4.78, 5) is 10.2. The molecule has 0 saturated carbocycles. The minimum Gasteiger partial charge on any atom is -0.392 e. The van der Waals surface area contributed by atoms with E-state index in [2.05, 4.69) is 17.2 Å². The Hall–Kier alpha value is -2.06. The summed E-state index contributed by atoms with van der Waals surface area (Å²) in [5, 5.41) is 13.6. The van der Waals surface area contributed by atoms with Crippen LogP contribution in [0, 0.1) is 28.9 Å². The molecule has 0 bridgehead atoms. The Labute approximate surface area is 93.8 Å². The second kappa shape index (κ2) is 5.14. The van der Waals surface area contributed by atoms with Gasteiger partial charge < -0.3 is 11.1 Å². The van der Waals surface area contributed by atoms with Crippen LogP contribution in [-0.4, -0.2) is 18.5 Å². The number of hydrogen-bond donors (Lipinski definition) is 2. The molecule has 16 heavy (non-hydrogen) atoms. The predicted octanol–water partition coefficient (Wildman–Crippen LogP) is 1.06. The molecule has 1 aromatic rings. The number of nitrogens with one attached hydrogen (secondary N) is 1. The molecule has 1 aromatic carbocycles. The van der Waals surface area contributed by atoms with Crippen LogP contribution in [0.1, 0.15) is 11.1 Å². The summed E-state index contributed by atoms with van der Waals surface area (Å²) in [6, 6.07) is 3.18. The summed E-state index contributed by atoms with van der Waals surface area (Å²) in [6.07, 6.45) is 0. The van der Waals surface area contributed by atoms with Gasteiger partial charge in [-0.25, -0.2) is 0 Å². The number of nitrogen functional groups attached to an aromatic ring is 1. The highest BCUT2D eigenvalue weighted by Crippen LogP contribution is 2.26. The number of rotatable bonds is 2. The Kier molecular flexibility index (Phi) is 3.86. The van der Waals surface area contributed by atoms with Gasteiger partial charge in [0.15, 0.2) is 0 Å². The Balaban J connectivity index is 3.21. The molecular weight excluding hydrogens is 206 g/mol. The quantitative estimate of drug-likeness (QED) is 0.337. The number of anilines is 1. The first kappa shape index (κ1) is 12.0. The third-order valence-corrected chi connectivity index (χ3v) is 1.99. The third kappa shape index (κ3) is 2.72. The maximum atomic E-state index is 10.7. The lowest BCUT2D eigenvalue weighted by Crippen LogP contribution is -2.05. The monoisotopic (exact) mass is 219 g/mol. The molecule has 0 unspecified atom stereocenters. The van der Waals surface area contributed by atoms with Gasteiger partial charge in [-0.3, -0.25) is 10.1 Å². The van der Waals surface area contributed by atoms with E-state index in [0.717, 1.165) is 5.56 Å². The van der Waals surface area contributed by atoms with Gasteiger partial charge in [0.05, 0.1) is 17.0 Å². The Morgan fingerprint density at radius 2 is 2.25 bits per heavy atom. The number of nitrogens with two attached hydrogens (primary N) is 1. The molecule has 0 fully saturated rings. The summed E-state index contributed by atoms with van der Waals surface area (Å²) >= 11 is 0. The topological polar surface area (TPSA) is 81.2 Å². The van der Waals surface area contributed by atoms with Crippen molar-refractivity contribution in [3.63, 3.8) is 0 Å². The maximum absolute atomic E-state index is 10.7. The highest BCUT2D eigenvalue weighted by Gasteiger charge is 2.14. The largest absolute Gasteiger partial charge is 0.392 e. The second-order valence-corrected chi connectivity index (χ2v) is 3.33. The Bertz CT molecular complexity index is 472. The van der Waals surface area contributed by atoms with E-state index >= 15 is 0 Å². The lowest BCUT2D eigenvalue weighted by atomic mass is 10.1. The third-order valence-electron chi connectivity index (χ3n) is 1.99. The van der Waals surface area contributed by atoms with Crippen molar-refractivity contribution in [3.8, 4) is 11.8 Å². The van der Waals surface area contributed by atoms with Crippen LogP contribution in [0.15, 0.2) is 12.1 Å². The SMILES string of the molecule is CNCC#Cc1cc(C)cc([N+](=O)[O-])c1N. The number of aryl methyl sites for hydroxylation is 1. The van der Waals surface area contributed by atoms with Gasteiger partial charge in [0.2, 0.25) is 0 Å². The van der Waals surface area contributed by atoms with Crippen LogP contribution in [0.2, 0.25) is 0 Å². The zero-order chi connectivity index (χ0) is 12.1. The number of nitro groups is 1. The molecule has 3 N–H and O–H groups in total. The van der Waals surface area contributed by atoms with Crippen molar-refractivity contribution in [1.29, 1.82) is 0 Å². The molecule has 0 aliphatic rings. The van der Waals surface area contributed by atoms with Crippen molar-refractivity contribution in [2.24, 2.45) is 0 Å². The molecule has 1 rings (SSSR count). The van der Waals surface area contributed by atoms with Crippen LogP contribution < -0.4 is 11.1 Å². The normalized spacial score (nSPS) is 9.38. The van der Waals surface area contributed by atoms with Crippen LogP contribution in [0.3, 0.4) is 0 Å². The molecule has 0 radical (unpaired) electrons. The van der Waals surface area contributed by atoms with E-state index in [1.165, 1.54) is 6.07 Å². The highest BCUT2D eigenvalue weighted by atomic mass is 16.6. The first-order valence-corrected chi connectivity index (χ1v) is 4.74. The van der Waals surface area contributed by atoms with Gasteiger partial charge in [0.25, 0.3) is 5.69 Å². The van der Waals surface area contributed by atoms with Gasteiger partial charge in [-0.15, -0.1) is 0 Å². The number of nitro benzene ring substituents is 1. The van der Waals surface area contributed by atoms with E-state index in [4.69, 9.17) is 5.73 Å². The van der Waals surface area contributed by atoms with Crippen molar-refractivity contribution in [1.82, 2.24) is 5.32 Å². The van der Waals surface area contributed by atoms with Crippen molar-refractivity contribution in [3.05, 3.63) is 33.4 Å². The van der Waals surface area contributed by atoms with E-state index in [0.29, 0.717) is 12.1 Å². The Morgan fingerprint density at radius 1 is 1.56 bits per heavy atom. The Morgan fingerprint density at radius 3 is 2.81 bits per heavy atom. The van der Waals surface area contributed by atoms with Crippen molar-refractivity contribution in [2.75, 3.05) is 19.3 Å². The standard InChI is InChI=1S/C11H13N3O2/c1-8-6-9(4-3-5-13-2)11(12)10(7-8)14(15)16/h6-7,13H,5,12H2,1-2H3. The minimum atomic E-state index is -0.494. The van der Waals surface area contributed by atoms with E-state index in [9.17, 15) is 10.1 Å². The molecule has 84 valence electrons. The van der Waals surface area contributed by atoms with E-state index in [-0.39, 0.29) is 11.4 Å². The average Bonchev–Trinajstić information content (AvgIpc) is 2.22. The van der Waals surface area contributed by atoms with Gasteiger partial charge in [0, 0.05) is 6.07 Å². The predicted molar refractivity (Wildman–Crippen MR) is 63.1 cm³/mol. The minimum absolute atomic E-state index is 0.0891. The number of nitrogens with zero attached hydrogens (tertiary/aromatic N) is 1. The highest BCUT2D eigenvalue weighted by molar-refractivity contribution is 5.69. The molecule has 0 heterocycles. The zero-order valence-corrected chi connectivity index (χ0v) is 9.20. The molecule has 0 spiro atoms. The van der Waals surface area contributed by atoms with E-state index in [1.54, 1.807) is 20.0 Å². The molecule has 0 aliphatic heterocycles. The fourth-order valence-corrected chi connectivity index (χ4v) is 1.26. The zero-order valence-electron chi connectivity index (χ0n) is 9.20. The van der Waals surface area contributed by atoms with Crippen LogP contribution in [0.4, 0.5) is 11.4 Å². The summed E-state index contributed by atoms with van der Waals surface area (Å²) in [5.41, 5.74) is 6.98. The molecule has 5 heteroatoms. The van der Waals surface area contributed by atoms with Crippen LogP contribution >= 0.6 is 0 Å². The molecule has 0 atom stereocenters. The van der Waals surface area contributed by atoms with Gasteiger partial charge in [0.1, 0.15) is 5.69 Å². The fraction of sp³-hybridized carbons (Fsp3) is 0.273. The van der Waals surface area contributed by atoms with Crippen molar-refractivity contribution >= 4 is 11.4 Å². The molecule has 0 saturated heterocycles. The molecule has 5 nitrogen and oxygen atoms in total. The average molecular weight is 219 g/mol. The van der Waals surface area contributed by atoms with Crippen LogP contribution in [-0.2, 0) is 0 Å². The number of hydrogen-bond acceptors (Lipinski definition) is 4. The maximum Gasteiger partial charge on any atom is 0.293 e. The second-order valence-electron chi connectivity index (χ2n) is 3.33. The number of benzene rings is 1. The van der Waals surface area contributed by atoms with E-state index < -0.39 is 4.92 Å². The van der Waals surface area contributed by atoms with Crippen molar-refractivity contribution < 1.29 is 4.92 Å². The lowest BCUT2D eigenvalue weighted by Gasteiger charge is -2.01. The molecule has 0 aliphatic carbocycles. The van der Waals surface area contributed by atoms with Gasteiger partial charge in [-0.1, -0.05) is 11.8 Å². The summed E-state index contributed by atoms with van der Waals surface area (Å²) < 4.78 is 0.